The molecule has 0 saturated carbocycles. The Morgan fingerprint density at radius 3 is 3.10 bits per heavy atom. The highest BCUT2D eigenvalue weighted by Crippen LogP contribution is 2.27. The SMILES string of the molecule is CCCNCc1cc(Br)ccc1N1CCn2ccnc2C1. The molecule has 21 heavy (non-hydrogen) atoms. The van der Waals surface area contributed by atoms with E-state index in [1.807, 2.05) is 6.20 Å². The van der Waals surface area contributed by atoms with Gasteiger partial charge >= 0.3 is 0 Å². The minimum atomic E-state index is 0.884. The first-order chi connectivity index (χ1) is 10.3. The van der Waals surface area contributed by atoms with E-state index in [2.05, 4.69) is 67.0 Å². The second kappa shape index (κ2) is 6.62. The van der Waals surface area contributed by atoms with Gasteiger partial charge in [0.1, 0.15) is 5.82 Å². The minimum Gasteiger partial charge on any atom is -0.362 e. The maximum atomic E-state index is 4.45. The van der Waals surface area contributed by atoms with Gasteiger partial charge in [-0.05, 0) is 36.7 Å². The molecule has 1 aliphatic rings. The number of nitrogens with one attached hydrogen (secondary N) is 1. The maximum Gasteiger partial charge on any atom is 0.128 e. The summed E-state index contributed by atoms with van der Waals surface area (Å²) in [5.74, 6) is 1.15. The van der Waals surface area contributed by atoms with Gasteiger partial charge in [0.2, 0.25) is 0 Å². The van der Waals surface area contributed by atoms with Gasteiger partial charge in [0, 0.05) is 42.2 Å². The van der Waals surface area contributed by atoms with E-state index in [1.54, 1.807) is 0 Å². The maximum absolute atomic E-state index is 4.45. The van der Waals surface area contributed by atoms with Crippen LogP contribution in [0.25, 0.3) is 0 Å². The molecule has 5 heteroatoms. The molecule has 1 aromatic heterocycles. The highest BCUT2D eigenvalue weighted by Gasteiger charge is 2.19. The molecular formula is C16H21BrN4. The summed E-state index contributed by atoms with van der Waals surface area (Å²) in [6, 6.07) is 6.56. The molecule has 0 atom stereocenters. The number of hydrogen-bond donors (Lipinski definition) is 1. The summed E-state index contributed by atoms with van der Waals surface area (Å²) in [5.41, 5.74) is 2.66. The summed E-state index contributed by atoms with van der Waals surface area (Å²) in [6.07, 6.45) is 5.12. The molecule has 0 amide bonds. The molecule has 1 aliphatic heterocycles. The second-order valence-electron chi connectivity index (χ2n) is 5.41. The van der Waals surface area contributed by atoms with Gasteiger partial charge in [-0.2, -0.15) is 0 Å². The van der Waals surface area contributed by atoms with Crippen molar-refractivity contribution in [2.75, 3.05) is 18.0 Å². The summed E-state index contributed by atoms with van der Waals surface area (Å²) < 4.78 is 3.38. The zero-order chi connectivity index (χ0) is 14.7. The first-order valence-electron chi connectivity index (χ1n) is 7.52. The Bertz CT molecular complexity index is 608. The van der Waals surface area contributed by atoms with Gasteiger partial charge in [-0.3, -0.25) is 0 Å². The number of anilines is 1. The van der Waals surface area contributed by atoms with Crippen molar-refractivity contribution in [2.24, 2.45) is 0 Å². The van der Waals surface area contributed by atoms with Crippen LogP contribution in [0.4, 0.5) is 5.69 Å². The van der Waals surface area contributed by atoms with Gasteiger partial charge in [-0.25, -0.2) is 4.98 Å². The quantitative estimate of drug-likeness (QED) is 0.842. The Balaban J connectivity index is 1.81. The van der Waals surface area contributed by atoms with Crippen molar-refractivity contribution in [3.8, 4) is 0 Å². The number of benzene rings is 1. The van der Waals surface area contributed by atoms with Crippen LogP contribution >= 0.6 is 15.9 Å². The zero-order valence-electron chi connectivity index (χ0n) is 12.3. The molecule has 3 rings (SSSR count). The van der Waals surface area contributed by atoms with Crippen LogP contribution in [0.2, 0.25) is 0 Å². The van der Waals surface area contributed by atoms with Crippen molar-refractivity contribution in [1.29, 1.82) is 0 Å². The van der Waals surface area contributed by atoms with Crippen molar-refractivity contribution in [2.45, 2.75) is 33.0 Å². The van der Waals surface area contributed by atoms with Crippen molar-refractivity contribution in [3.05, 3.63) is 46.5 Å². The predicted molar refractivity (Wildman–Crippen MR) is 89.4 cm³/mol. The lowest BCUT2D eigenvalue weighted by atomic mass is 10.1. The summed E-state index contributed by atoms with van der Waals surface area (Å²) in [6.45, 7) is 7.08. The Hall–Kier alpha value is -1.33. The molecule has 2 heterocycles. The van der Waals surface area contributed by atoms with Crippen molar-refractivity contribution in [3.63, 3.8) is 0 Å². The molecule has 0 saturated heterocycles. The number of aromatic nitrogens is 2. The third-order valence-corrected chi connectivity index (χ3v) is 4.36. The fraction of sp³-hybridized carbons (Fsp3) is 0.438. The number of nitrogens with zero attached hydrogens (tertiary/aromatic N) is 3. The first-order valence-corrected chi connectivity index (χ1v) is 8.31. The predicted octanol–water partition coefficient (Wildman–Crippen LogP) is 3.17. The summed E-state index contributed by atoms with van der Waals surface area (Å²) >= 11 is 3.59. The molecule has 0 aliphatic carbocycles. The van der Waals surface area contributed by atoms with Gasteiger partial charge in [-0.15, -0.1) is 0 Å². The fourth-order valence-corrected chi connectivity index (χ4v) is 3.19. The number of hydrogen-bond acceptors (Lipinski definition) is 3. The molecule has 0 bridgehead atoms. The van der Waals surface area contributed by atoms with Crippen molar-refractivity contribution >= 4 is 21.6 Å². The lowest BCUT2D eigenvalue weighted by Crippen LogP contribution is -2.34. The molecule has 1 N–H and O–H groups in total. The van der Waals surface area contributed by atoms with E-state index in [0.717, 1.165) is 49.4 Å². The van der Waals surface area contributed by atoms with E-state index < -0.39 is 0 Å². The van der Waals surface area contributed by atoms with Gasteiger partial charge in [0.25, 0.3) is 0 Å². The molecule has 0 radical (unpaired) electrons. The van der Waals surface area contributed by atoms with E-state index in [1.165, 1.54) is 11.3 Å². The van der Waals surface area contributed by atoms with E-state index in [9.17, 15) is 0 Å². The summed E-state index contributed by atoms with van der Waals surface area (Å²) in [4.78, 5) is 6.88. The topological polar surface area (TPSA) is 33.1 Å². The van der Waals surface area contributed by atoms with E-state index in [-0.39, 0.29) is 0 Å². The molecule has 0 fully saturated rings. The normalized spacial score (nSPS) is 14.3. The monoisotopic (exact) mass is 348 g/mol. The van der Waals surface area contributed by atoms with Gasteiger partial charge < -0.3 is 14.8 Å². The molecule has 0 spiro atoms. The lowest BCUT2D eigenvalue weighted by molar-refractivity contribution is 0.557. The minimum absolute atomic E-state index is 0.884. The molecule has 4 nitrogen and oxygen atoms in total. The van der Waals surface area contributed by atoms with Gasteiger partial charge in [-0.1, -0.05) is 22.9 Å². The van der Waals surface area contributed by atoms with E-state index in [0.29, 0.717) is 0 Å². The Labute approximate surface area is 134 Å². The number of rotatable bonds is 5. The third kappa shape index (κ3) is 3.30. The van der Waals surface area contributed by atoms with Crippen LogP contribution in [0, 0.1) is 0 Å². The van der Waals surface area contributed by atoms with Crippen LogP contribution < -0.4 is 10.2 Å². The van der Waals surface area contributed by atoms with Crippen LogP contribution in [-0.2, 0) is 19.6 Å². The van der Waals surface area contributed by atoms with Gasteiger partial charge in [0.15, 0.2) is 0 Å². The van der Waals surface area contributed by atoms with Crippen molar-refractivity contribution in [1.82, 2.24) is 14.9 Å². The zero-order valence-corrected chi connectivity index (χ0v) is 13.9. The molecule has 1 aromatic carbocycles. The number of imidazole rings is 1. The number of halogens is 1. The Morgan fingerprint density at radius 1 is 1.33 bits per heavy atom. The average molecular weight is 349 g/mol. The highest BCUT2D eigenvalue weighted by molar-refractivity contribution is 9.10. The standard InChI is InChI=1S/C16H21BrN4/c1-2-5-18-11-13-10-14(17)3-4-15(13)21-9-8-20-7-6-19-16(20)12-21/h3-4,6-7,10,18H,2,5,8-9,11-12H2,1H3. The highest BCUT2D eigenvalue weighted by atomic mass is 79.9. The number of fused-ring (bicyclic) bond motifs is 1. The van der Waals surface area contributed by atoms with E-state index >= 15 is 0 Å². The average Bonchev–Trinajstić information content (AvgIpc) is 2.95. The fourth-order valence-electron chi connectivity index (χ4n) is 2.78. The van der Waals surface area contributed by atoms with Gasteiger partial charge in [0.05, 0.1) is 6.54 Å². The molecule has 112 valence electrons. The van der Waals surface area contributed by atoms with Crippen molar-refractivity contribution < 1.29 is 0 Å². The molecular weight excluding hydrogens is 328 g/mol. The first kappa shape index (κ1) is 14.6. The van der Waals surface area contributed by atoms with Crippen LogP contribution in [0.5, 0.6) is 0 Å². The van der Waals surface area contributed by atoms with E-state index in [4.69, 9.17) is 0 Å². The Kier molecular flexibility index (Phi) is 4.60. The second-order valence-corrected chi connectivity index (χ2v) is 6.32. The van der Waals surface area contributed by atoms with Crippen LogP contribution in [0.1, 0.15) is 24.7 Å². The molecule has 0 unspecified atom stereocenters. The summed E-state index contributed by atoms with van der Waals surface area (Å²) in [7, 11) is 0. The Morgan fingerprint density at radius 2 is 2.24 bits per heavy atom. The summed E-state index contributed by atoms with van der Waals surface area (Å²) in [5, 5.41) is 3.50. The largest absolute Gasteiger partial charge is 0.362 e. The molecule has 2 aromatic rings. The van der Waals surface area contributed by atoms with Crippen LogP contribution in [0.3, 0.4) is 0 Å². The van der Waals surface area contributed by atoms with Crippen LogP contribution in [0.15, 0.2) is 35.1 Å². The van der Waals surface area contributed by atoms with Crippen LogP contribution in [-0.4, -0.2) is 22.6 Å². The third-order valence-electron chi connectivity index (χ3n) is 3.87. The lowest BCUT2D eigenvalue weighted by Gasteiger charge is -2.31. The smallest absolute Gasteiger partial charge is 0.128 e.